The summed E-state index contributed by atoms with van der Waals surface area (Å²) in [7, 11) is 1.59. The van der Waals surface area contributed by atoms with Gasteiger partial charge in [-0.3, -0.25) is 9.69 Å². The molecule has 164 valence electrons. The number of nitrogens with zero attached hydrogens (tertiary/aromatic N) is 2. The molecule has 2 heterocycles. The number of para-hydroxylation sites is 1. The van der Waals surface area contributed by atoms with E-state index in [1.165, 1.54) is 0 Å². The van der Waals surface area contributed by atoms with Crippen molar-refractivity contribution in [3.8, 4) is 5.75 Å². The SMILES string of the molecule is COc1ccccc1[C@@H]1NC(=S)N(c2ccc(Cl)cc2)C(C)=C1C(=O)Nc1cc(C)on1. The number of methoxy groups -OCH3 is 1. The average Bonchev–Trinajstić information content (AvgIpc) is 3.18. The van der Waals surface area contributed by atoms with E-state index in [2.05, 4.69) is 15.8 Å². The van der Waals surface area contributed by atoms with Gasteiger partial charge in [0.15, 0.2) is 10.9 Å². The number of benzene rings is 2. The second-order valence-electron chi connectivity index (χ2n) is 7.21. The van der Waals surface area contributed by atoms with Crippen molar-refractivity contribution < 1.29 is 14.1 Å². The smallest absolute Gasteiger partial charge is 0.257 e. The molecule has 1 amide bonds. The summed E-state index contributed by atoms with van der Waals surface area (Å²) in [6, 6.07) is 15.9. The molecule has 3 aromatic rings. The minimum atomic E-state index is -0.532. The number of halogens is 1. The Morgan fingerprint density at radius 2 is 1.94 bits per heavy atom. The number of thiocarbonyl (C=S) groups is 1. The molecule has 0 spiro atoms. The summed E-state index contributed by atoms with van der Waals surface area (Å²) in [5.74, 6) is 1.24. The van der Waals surface area contributed by atoms with E-state index in [4.69, 9.17) is 33.1 Å². The van der Waals surface area contributed by atoms with Crippen molar-refractivity contribution in [2.45, 2.75) is 19.9 Å². The van der Waals surface area contributed by atoms with E-state index < -0.39 is 6.04 Å². The van der Waals surface area contributed by atoms with Gasteiger partial charge in [0.25, 0.3) is 5.91 Å². The number of hydrogen-bond acceptors (Lipinski definition) is 5. The Kier molecular flexibility index (Phi) is 6.16. The van der Waals surface area contributed by atoms with Crippen LogP contribution in [-0.4, -0.2) is 23.3 Å². The quantitative estimate of drug-likeness (QED) is 0.510. The summed E-state index contributed by atoms with van der Waals surface area (Å²) in [6.45, 7) is 3.61. The number of carbonyl (C=O) groups is 1. The predicted molar refractivity (Wildman–Crippen MR) is 128 cm³/mol. The summed E-state index contributed by atoms with van der Waals surface area (Å²) in [6.07, 6.45) is 0. The van der Waals surface area contributed by atoms with Gasteiger partial charge < -0.3 is 19.9 Å². The lowest BCUT2D eigenvalue weighted by Crippen LogP contribution is -2.48. The van der Waals surface area contributed by atoms with Crippen LogP contribution in [0.3, 0.4) is 0 Å². The molecule has 0 saturated heterocycles. The molecule has 0 unspecified atom stereocenters. The Hall–Kier alpha value is -3.36. The number of carbonyl (C=O) groups excluding carboxylic acids is 1. The van der Waals surface area contributed by atoms with E-state index in [1.807, 2.05) is 43.3 Å². The standard InChI is InChI=1S/C23H21ClN4O3S/c1-13-12-19(27-31-13)25-22(29)20-14(2)28(16-10-8-15(24)9-11-16)23(32)26-21(20)17-6-4-5-7-18(17)30-3/h4-12,21H,1-3H3,(H,26,32)(H,25,27,29)/t21-/m0/s1. The molecule has 0 saturated carbocycles. The van der Waals surface area contributed by atoms with Crippen LogP contribution in [0.5, 0.6) is 5.75 Å². The number of aromatic nitrogens is 1. The molecular weight excluding hydrogens is 448 g/mol. The third-order valence-corrected chi connectivity index (χ3v) is 5.69. The van der Waals surface area contributed by atoms with Crippen LogP contribution in [0, 0.1) is 6.92 Å². The number of anilines is 2. The molecule has 9 heteroatoms. The van der Waals surface area contributed by atoms with Gasteiger partial charge in [-0.25, -0.2) is 0 Å². The van der Waals surface area contributed by atoms with Crippen LogP contribution in [0.1, 0.15) is 24.3 Å². The molecule has 2 N–H and O–H groups in total. The molecule has 2 aromatic carbocycles. The molecule has 7 nitrogen and oxygen atoms in total. The normalized spacial score (nSPS) is 16.1. The predicted octanol–water partition coefficient (Wildman–Crippen LogP) is 4.99. The Morgan fingerprint density at radius 1 is 1.22 bits per heavy atom. The highest BCUT2D eigenvalue weighted by molar-refractivity contribution is 7.80. The maximum atomic E-state index is 13.5. The fraction of sp³-hybridized carbons (Fsp3) is 0.174. The third-order valence-electron chi connectivity index (χ3n) is 5.13. The van der Waals surface area contributed by atoms with Crippen LogP contribution in [0.15, 0.2) is 70.4 Å². The number of ether oxygens (including phenoxy) is 1. The Morgan fingerprint density at radius 3 is 2.59 bits per heavy atom. The van der Waals surface area contributed by atoms with Crippen LogP contribution in [0.4, 0.5) is 11.5 Å². The Labute approximate surface area is 196 Å². The maximum absolute atomic E-state index is 13.5. The monoisotopic (exact) mass is 468 g/mol. The molecule has 0 fully saturated rings. The molecule has 0 radical (unpaired) electrons. The minimum Gasteiger partial charge on any atom is -0.496 e. The second-order valence-corrected chi connectivity index (χ2v) is 8.04. The lowest BCUT2D eigenvalue weighted by molar-refractivity contribution is -0.113. The molecule has 1 atom stereocenters. The lowest BCUT2D eigenvalue weighted by atomic mass is 9.93. The zero-order valence-corrected chi connectivity index (χ0v) is 19.3. The van der Waals surface area contributed by atoms with Crippen LogP contribution in [-0.2, 0) is 4.79 Å². The molecule has 1 aliphatic heterocycles. The Bertz CT molecular complexity index is 1210. The van der Waals surface area contributed by atoms with E-state index in [9.17, 15) is 4.79 Å². The van der Waals surface area contributed by atoms with Gasteiger partial charge in [0, 0.05) is 28.0 Å². The largest absolute Gasteiger partial charge is 0.496 e. The molecule has 32 heavy (non-hydrogen) atoms. The lowest BCUT2D eigenvalue weighted by Gasteiger charge is -2.38. The molecule has 0 aliphatic carbocycles. The number of aryl methyl sites for hydroxylation is 1. The number of nitrogens with one attached hydrogen (secondary N) is 2. The van der Waals surface area contributed by atoms with Gasteiger partial charge in [0.2, 0.25) is 0 Å². The van der Waals surface area contributed by atoms with Crippen LogP contribution < -0.4 is 20.3 Å². The molecule has 1 aromatic heterocycles. The van der Waals surface area contributed by atoms with Crippen molar-refractivity contribution in [2.24, 2.45) is 0 Å². The van der Waals surface area contributed by atoms with Gasteiger partial charge in [-0.2, -0.15) is 0 Å². The highest BCUT2D eigenvalue weighted by Crippen LogP contribution is 2.37. The summed E-state index contributed by atoms with van der Waals surface area (Å²) >= 11 is 11.8. The topological polar surface area (TPSA) is 79.6 Å². The van der Waals surface area contributed by atoms with Crippen LogP contribution in [0.25, 0.3) is 0 Å². The van der Waals surface area contributed by atoms with Gasteiger partial charge in [0.1, 0.15) is 11.5 Å². The van der Waals surface area contributed by atoms with Crippen molar-refractivity contribution in [1.82, 2.24) is 10.5 Å². The number of rotatable bonds is 5. The van der Waals surface area contributed by atoms with Crippen molar-refractivity contribution in [3.63, 3.8) is 0 Å². The first-order chi connectivity index (χ1) is 15.4. The summed E-state index contributed by atoms with van der Waals surface area (Å²) in [5, 5.41) is 11.1. The van der Waals surface area contributed by atoms with E-state index in [-0.39, 0.29) is 5.91 Å². The highest BCUT2D eigenvalue weighted by atomic mass is 35.5. The highest BCUT2D eigenvalue weighted by Gasteiger charge is 2.36. The van der Waals surface area contributed by atoms with Crippen molar-refractivity contribution in [2.75, 3.05) is 17.3 Å². The van der Waals surface area contributed by atoms with Crippen molar-refractivity contribution >= 4 is 46.3 Å². The summed E-state index contributed by atoms with van der Waals surface area (Å²) in [4.78, 5) is 15.3. The first-order valence-corrected chi connectivity index (χ1v) is 10.6. The zero-order chi connectivity index (χ0) is 22.8. The summed E-state index contributed by atoms with van der Waals surface area (Å²) < 4.78 is 10.6. The van der Waals surface area contributed by atoms with Gasteiger partial charge in [-0.15, -0.1) is 0 Å². The Balaban J connectivity index is 1.83. The van der Waals surface area contributed by atoms with Crippen LogP contribution >= 0.6 is 23.8 Å². The van der Waals surface area contributed by atoms with E-state index in [0.29, 0.717) is 38.7 Å². The molecule has 4 rings (SSSR count). The number of amides is 1. The maximum Gasteiger partial charge on any atom is 0.257 e. The minimum absolute atomic E-state index is 0.331. The average molecular weight is 469 g/mol. The number of allylic oxidation sites excluding steroid dienone is 1. The van der Waals surface area contributed by atoms with Crippen LogP contribution in [0.2, 0.25) is 5.02 Å². The first-order valence-electron chi connectivity index (χ1n) is 9.83. The molecule has 0 bridgehead atoms. The zero-order valence-electron chi connectivity index (χ0n) is 17.7. The van der Waals surface area contributed by atoms with Gasteiger partial charge in [-0.1, -0.05) is 35.0 Å². The summed E-state index contributed by atoms with van der Waals surface area (Å²) in [5.41, 5.74) is 2.71. The first kappa shape index (κ1) is 21.9. The fourth-order valence-corrected chi connectivity index (χ4v) is 4.17. The van der Waals surface area contributed by atoms with E-state index >= 15 is 0 Å². The van der Waals surface area contributed by atoms with Gasteiger partial charge >= 0.3 is 0 Å². The van der Waals surface area contributed by atoms with Gasteiger partial charge in [0.05, 0.1) is 18.7 Å². The number of hydrogen-bond donors (Lipinski definition) is 2. The molecule has 1 aliphatic rings. The molecular formula is C23H21ClN4O3S. The van der Waals surface area contributed by atoms with E-state index in [0.717, 1.165) is 11.3 Å². The second kappa shape index (κ2) is 9.02. The van der Waals surface area contributed by atoms with Crippen molar-refractivity contribution in [3.05, 3.63) is 82.2 Å². The fourth-order valence-electron chi connectivity index (χ4n) is 3.69. The van der Waals surface area contributed by atoms with Gasteiger partial charge in [-0.05, 0) is 56.4 Å². The van der Waals surface area contributed by atoms with E-state index in [1.54, 1.807) is 37.1 Å². The van der Waals surface area contributed by atoms with Crippen molar-refractivity contribution in [1.29, 1.82) is 0 Å². The third kappa shape index (κ3) is 4.19.